The summed E-state index contributed by atoms with van der Waals surface area (Å²) in [7, 11) is 0. The van der Waals surface area contributed by atoms with Crippen LogP contribution in [0, 0.1) is 18.6 Å². The smallest absolute Gasteiger partial charge is 0.255 e. The molecule has 0 bridgehead atoms. The van der Waals surface area contributed by atoms with Crippen molar-refractivity contribution in [3.63, 3.8) is 0 Å². The van der Waals surface area contributed by atoms with Crippen LogP contribution >= 0.6 is 0 Å². The van der Waals surface area contributed by atoms with Gasteiger partial charge in [-0.25, -0.2) is 8.78 Å². The van der Waals surface area contributed by atoms with E-state index in [9.17, 15) is 23.5 Å². The number of aromatic hydroxyl groups is 1. The largest absolute Gasteiger partial charge is 0.508 e. The molecule has 0 spiro atoms. The highest BCUT2D eigenvalue weighted by molar-refractivity contribution is 6.06. The number of carbonyl (C=O) groups is 2. The summed E-state index contributed by atoms with van der Waals surface area (Å²) in [5.74, 6) is -2.18. The Labute approximate surface area is 197 Å². The monoisotopic (exact) mass is 464 g/mol. The van der Waals surface area contributed by atoms with E-state index in [0.717, 1.165) is 6.07 Å². The van der Waals surface area contributed by atoms with Crippen LogP contribution < -0.4 is 5.32 Å². The number of nitrogens with zero attached hydrogens (tertiary/aromatic N) is 1. The van der Waals surface area contributed by atoms with Crippen LogP contribution in [0.4, 0.5) is 8.78 Å². The van der Waals surface area contributed by atoms with E-state index in [4.69, 9.17) is 0 Å². The fourth-order valence-corrected chi connectivity index (χ4v) is 4.36. The Morgan fingerprint density at radius 1 is 1.06 bits per heavy atom. The molecule has 1 aliphatic heterocycles. The van der Waals surface area contributed by atoms with Gasteiger partial charge >= 0.3 is 0 Å². The van der Waals surface area contributed by atoms with Crippen LogP contribution in [0.3, 0.4) is 0 Å². The van der Waals surface area contributed by atoms with Crippen molar-refractivity contribution in [1.82, 2.24) is 10.2 Å². The van der Waals surface area contributed by atoms with Crippen LogP contribution in [0.2, 0.25) is 0 Å². The summed E-state index contributed by atoms with van der Waals surface area (Å²) in [4.78, 5) is 28.3. The lowest BCUT2D eigenvalue weighted by molar-refractivity contribution is -0.127. The van der Waals surface area contributed by atoms with Gasteiger partial charge in [0.05, 0.1) is 5.56 Å². The second-order valence-corrected chi connectivity index (χ2v) is 9.53. The van der Waals surface area contributed by atoms with Gasteiger partial charge in [0.1, 0.15) is 23.4 Å². The predicted octanol–water partition coefficient (Wildman–Crippen LogP) is 5.26. The second-order valence-electron chi connectivity index (χ2n) is 9.53. The first-order valence-electron chi connectivity index (χ1n) is 11.0. The molecular weight excluding hydrogens is 438 g/mol. The van der Waals surface area contributed by atoms with E-state index in [1.54, 1.807) is 37.3 Å². The van der Waals surface area contributed by atoms with Gasteiger partial charge in [0.25, 0.3) is 5.91 Å². The molecule has 1 aliphatic rings. The van der Waals surface area contributed by atoms with E-state index in [1.165, 1.54) is 23.1 Å². The first-order valence-corrected chi connectivity index (χ1v) is 11.0. The molecule has 3 aromatic rings. The van der Waals surface area contributed by atoms with Crippen molar-refractivity contribution in [2.75, 3.05) is 0 Å². The molecule has 4 rings (SSSR count). The molecule has 0 saturated heterocycles. The maximum atomic E-state index is 14.6. The van der Waals surface area contributed by atoms with Crippen LogP contribution in [0.5, 0.6) is 5.75 Å². The number of halogens is 2. The standard InChI is InChI=1S/C27H26F2N2O3/c1-15-22(32)12-11-20-23(15)26(34)31(24(20)25(33)30-27(2,3)4)14-16-7-5-6-8-18(16)19-10-9-17(28)13-21(19)29/h5-13,24,32H,14H2,1-4H3,(H,30,33). The summed E-state index contributed by atoms with van der Waals surface area (Å²) < 4.78 is 28.1. The number of phenols is 1. The molecule has 5 nitrogen and oxygen atoms in total. The van der Waals surface area contributed by atoms with Crippen molar-refractivity contribution < 1.29 is 23.5 Å². The SMILES string of the molecule is Cc1c(O)ccc2c1C(=O)N(Cc1ccccc1-c1ccc(F)cc1F)C2C(=O)NC(C)(C)C. The summed E-state index contributed by atoms with van der Waals surface area (Å²) in [5.41, 5.74) is 1.97. The lowest BCUT2D eigenvalue weighted by Crippen LogP contribution is -2.46. The van der Waals surface area contributed by atoms with E-state index in [1.807, 2.05) is 20.8 Å². The Hall–Kier alpha value is -3.74. The van der Waals surface area contributed by atoms with Gasteiger partial charge in [-0.3, -0.25) is 9.59 Å². The highest BCUT2D eigenvalue weighted by Crippen LogP contribution is 2.40. The lowest BCUT2D eigenvalue weighted by Gasteiger charge is -2.29. The van der Waals surface area contributed by atoms with Gasteiger partial charge in [0.15, 0.2) is 0 Å². The van der Waals surface area contributed by atoms with Crippen molar-refractivity contribution in [3.05, 3.63) is 88.5 Å². The molecule has 0 fully saturated rings. The molecule has 34 heavy (non-hydrogen) atoms. The van der Waals surface area contributed by atoms with E-state index in [0.29, 0.717) is 27.8 Å². The summed E-state index contributed by atoms with van der Waals surface area (Å²) >= 11 is 0. The highest BCUT2D eigenvalue weighted by atomic mass is 19.1. The number of phenolic OH excluding ortho intramolecular Hbond substituents is 1. The van der Waals surface area contributed by atoms with Crippen LogP contribution in [0.25, 0.3) is 11.1 Å². The van der Waals surface area contributed by atoms with E-state index >= 15 is 0 Å². The van der Waals surface area contributed by atoms with Crippen molar-refractivity contribution in [1.29, 1.82) is 0 Å². The average Bonchev–Trinajstić information content (AvgIpc) is 3.02. The Morgan fingerprint density at radius 2 is 1.76 bits per heavy atom. The molecule has 176 valence electrons. The molecule has 0 aromatic heterocycles. The average molecular weight is 465 g/mol. The van der Waals surface area contributed by atoms with Gasteiger partial charge in [-0.2, -0.15) is 0 Å². The number of amides is 2. The first kappa shape index (κ1) is 23.4. The number of fused-ring (bicyclic) bond motifs is 1. The number of rotatable bonds is 4. The number of benzene rings is 3. The Bertz CT molecular complexity index is 1300. The first-order chi connectivity index (χ1) is 16.0. The van der Waals surface area contributed by atoms with Gasteiger partial charge in [-0.05, 0) is 62.6 Å². The van der Waals surface area contributed by atoms with Crippen molar-refractivity contribution in [2.45, 2.75) is 45.8 Å². The Morgan fingerprint density at radius 3 is 2.44 bits per heavy atom. The molecule has 0 radical (unpaired) electrons. The minimum absolute atomic E-state index is 0.0168. The summed E-state index contributed by atoms with van der Waals surface area (Å²) in [6.45, 7) is 7.20. The Kier molecular flexibility index (Phi) is 5.89. The van der Waals surface area contributed by atoms with Gasteiger partial charge in [0.2, 0.25) is 5.91 Å². The van der Waals surface area contributed by atoms with Gasteiger partial charge in [0, 0.05) is 29.3 Å². The van der Waals surface area contributed by atoms with Crippen molar-refractivity contribution in [3.8, 4) is 16.9 Å². The third-order valence-electron chi connectivity index (χ3n) is 5.88. The van der Waals surface area contributed by atoms with Crippen LogP contribution in [0.15, 0.2) is 54.6 Å². The van der Waals surface area contributed by atoms with Gasteiger partial charge in [-0.1, -0.05) is 30.3 Å². The number of hydrogen-bond donors (Lipinski definition) is 2. The molecular formula is C27H26F2N2O3. The minimum Gasteiger partial charge on any atom is -0.508 e. The fraction of sp³-hybridized carbons (Fsp3) is 0.259. The van der Waals surface area contributed by atoms with E-state index < -0.39 is 29.1 Å². The molecule has 0 saturated carbocycles. The molecule has 7 heteroatoms. The molecule has 1 unspecified atom stereocenters. The maximum absolute atomic E-state index is 14.6. The van der Waals surface area contributed by atoms with Crippen molar-refractivity contribution in [2.24, 2.45) is 0 Å². The molecule has 1 atom stereocenters. The maximum Gasteiger partial charge on any atom is 0.255 e. The van der Waals surface area contributed by atoms with Crippen LogP contribution in [-0.2, 0) is 11.3 Å². The third kappa shape index (κ3) is 4.25. The minimum atomic E-state index is -0.924. The van der Waals surface area contributed by atoms with Crippen LogP contribution in [-0.4, -0.2) is 27.4 Å². The molecule has 1 heterocycles. The lowest BCUT2D eigenvalue weighted by atomic mass is 9.97. The van der Waals surface area contributed by atoms with Crippen LogP contribution in [0.1, 0.15) is 53.9 Å². The summed E-state index contributed by atoms with van der Waals surface area (Å²) in [6, 6.07) is 12.4. The molecule has 3 aromatic carbocycles. The number of hydrogen-bond acceptors (Lipinski definition) is 3. The van der Waals surface area contributed by atoms with Gasteiger partial charge < -0.3 is 15.3 Å². The number of carbonyl (C=O) groups excluding carboxylic acids is 2. The highest BCUT2D eigenvalue weighted by Gasteiger charge is 2.43. The van der Waals surface area contributed by atoms with E-state index in [-0.39, 0.29) is 23.8 Å². The van der Waals surface area contributed by atoms with Gasteiger partial charge in [-0.15, -0.1) is 0 Å². The fourth-order valence-electron chi connectivity index (χ4n) is 4.36. The summed E-state index contributed by atoms with van der Waals surface area (Å²) in [6.07, 6.45) is 0. The number of nitrogens with one attached hydrogen (secondary N) is 1. The topological polar surface area (TPSA) is 69.6 Å². The Balaban J connectivity index is 1.80. The van der Waals surface area contributed by atoms with Crippen molar-refractivity contribution >= 4 is 11.8 Å². The second kappa shape index (κ2) is 8.56. The molecule has 2 N–H and O–H groups in total. The van der Waals surface area contributed by atoms with E-state index in [2.05, 4.69) is 5.32 Å². The summed E-state index contributed by atoms with van der Waals surface area (Å²) in [5, 5.41) is 13.1. The molecule has 2 amide bonds. The quantitative estimate of drug-likeness (QED) is 0.554. The zero-order valence-electron chi connectivity index (χ0n) is 19.4. The predicted molar refractivity (Wildman–Crippen MR) is 125 cm³/mol. The molecule has 0 aliphatic carbocycles. The zero-order valence-corrected chi connectivity index (χ0v) is 19.4. The third-order valence-corrected chi connectivity index (χ3v) is 5.88. The normalized spacial score (nSPS) is 15.4. The zero-order chi connectivity index (χ0) is 24.8.